The van der Waals surface area contributed by atoms with Crippen LogP contribution in [0.4, 0.5) is 0 Å². The van der Waals surface area contributed by atoms with Gasteiger partial charge in [-0.2, -0.15) is 0 Å². The number of hydrogen-bond donors (Lipinski definition) is 1. The second kappa shape index (κ2) is 7.13. The Balaban J connectivity index is 1.57. The van der Waals surface area contributed by atoms with Gasteiger partial charge in [0.15, 0.2) is 0 Å². The highest BCUT2D eigenvalue weighted by Gasteiger charge is 2.11. The molecule has 0 saturated heterocycles. The van der Waals surface area contributed by atoms with E-state index in [1.165, 1.54) is 0 Å². The first-order valence-electron chi connectivity index (χ1n) is 7.55. The minimum absolute atomic E-state index is 0.272. The minimum Gasteiger partial charge on any atom is -0.389 e. The van der Waals surface area contributed by atoms with E-state index in [0.717, 1.165) is 22.4 Å². The number of para-hydroxylation sites is 2. The first kappa shape index (κ1) is 16.0. The molecule has 5 heteroatoms. The van der Waals surface area contributed by atoms with Gasteiger partial charge in [0.2, 0.25) is 0 Å². The topological polar surface area (TPSA) is 47.3 Å². The van der Waals surface area contributed by atoms with E-state index in [1.807, 2.05) is 60.0 Å². The van der Waals surface area contributed by atoms with E-state index < -0.39 is 6.10 Å². The quantitative estimate of drug-likeness (QED) is 0.751. The molecule has 4 nitrogen and oxygen atoms in total. The van der Waals surface area contributed by atoms with Gasteiger partial charge in [-0.3, -0.25) is 0 Å². The summed E-state index contributed by atoms with van der Waals surface area (Å²) in [4.78, 5) is 4.50. The average molecular weight is 331 g/mol. The molecular formula is C18H19ClN2O2. The predicted molar refractivity (Wildman–Crippen MR) is 91.6 cm³/mol. The van der Waals surface area contributed by atoms with Crippen LogP contribution in [0.15, 0.2) is 48.5 Å². The molecule has 0 fully saturated rings. The van der Waals surface area contributed by atoms with Gasteiger partial charge in [0.25, 0.3) is 0 Å². The van der Waals surface area contributed by atoms with Gasteiger partial charge in [0.05, 0.1) is 36.9 Å². The summed E-state index contributed by atoms with van der Waals surface area (Å²) in [5.74, 6) is 0.892. The molecule has 1 N–H and O–H groups in total. The maximum Gasteiger partial charge on any atom is 0.106 e. The standard InChI is InChI=1S/C18H19ClN2O2/c1-13-20-17-4-2-3-5-18(17)21(13)10-16(22)12-23-11-14-6-8-15(19)9-7-14/h2-9,16,22H,10-12H2,1H3/t16-/m1/s1. The molecular weight excluding hydrogens is 312 g/mol. The third-order valence-corrected chi connectivity index (χ3v) is 3.98. The molecule has 0 amide bonds. The van der Waals surface area contributed by atoms with Crippen LogP contribution in [0.2, 0.25) is 5.02 Å². The van der Waals surface area contributed by atoms with E-state index in [1.54, 1.807) is 0 Å². The zero-order valence-electron chi connectivity index (χ0n) is 12.9. The lowest BCUT2D eigenvalue weighted by Gasteiger charge is -2.14. The number of benzene rings is 2. The van der Waals surface area contributed by atoms with Crippen molar-refractivity contribution < 1.29 is 9.84 Å². The van der Waals surface area contributed by atoms with Gasteiger partial charge in [0, 0.05) is 5.02 Å². The number of nitrogens with zero attached hydrogens (tertiary/aromatic N) is 2. The fraction of sp³-hybridized carbons (Fsp3) is 0.278. The van der Waals surface area contributed by atoms with Crippen LogP contribution in [-0.4, -0.2) is 27.4 Å². The van der Waals surface area contributed by atoms with Gasteiger partial charge in [-0.1, -0.05) is 35.9 Å². The molecule has 0 aliphatic heterocycles. The Morgan fingerprint density at radius 1 is 1.17 bits per heavy atom. The Bertz CT molecular complexity index is 783. The number of aryl methyl sites for hydroxylation is 1. The molecule has 0 unspecified atom stereocenters. The summed E-state index contributed by atoms with van der Waals surface area (Å²) in [6.45, 7) is 3.14. The summed E-state index contributed by atoms with van der Waals surface area (Å²) < 4.78 is 7.61. The van der Waals surface area contributed by atoms with Crippen LogP contribution in [-0.2, 0) is 17.9 Å². The van der Waals surface area contributed by atoms with Gasteiger partial charge in [-0.15, -0.1) is 0 Å². The summed E-state index contributed by atoms with van der Waals surface area (Å²) >= 11 is 5.85. The maximum atomic E-state index is 10.2. The summed E-state index contributed by atoms with van der Waals surface area (Å²) in [6, 6.07) is 15.4. The molecule has 1 aromatic heterocycles. The number of imidazole rings is 1. The van der Waals surface area contributed by atoms with Crippen LogP contribution in [0, 0.1) is 6.92 Å². The monoisotopic (exact) mass is 330 g/mol. The molecule has 0 aliphatic carbocycles. The lowest BCUT2D eigenvalue weighted by atomic mass is 10.2. The predicted octanol–water partition coefficient (Wildman–Crippen LogP) is 3.58. The molecule has 0 saturated carbocycles. The number of ether oxygens (including phenoxy) is 1. The van der Waals surface area contributed by atoms with Crippen LogP contribution in [0.5, 0.6) is 0 Å². The number of rotatable bonds is 6. The van der Waals surface area contributed by atoms with Gasteiger partial charge in [-0.05, 0) is 36.8 Å². The number of hydrogen-bond acceptors (Lipinski definition) is 3. The first-order chi connectivity index (χ1) is 11.1. The Morgan fingerprint density at radius 2 is 1.91 bits per heavy atom. The third-order valence-electron chi connectivity index (χ3n) is 3.73. The van der Waals surface area contributed by atoms with Crippen LogP contribution >= 0.6 is 11.6 Å². The SMILES string of the molecule is Cc1nc2ccccc2n1C[C@@H](O)COCc1ccc(Cl)cc1. The highest BCUT2D eigenvalue weighted by atomic mass is 35.5. The molecule has 3 rings (SSSR count). The van der Waals surface area contributed by atoms with Crippen LogP contribution < -0.4 is 0 Å². The average Bonchev–Trinajstić information content (AvgIpc) is 2.85. The van der Waals surface area contributed by atoms with Crippen molar-refractivity contribution in [1.82, 2.24) is 9.55 Å². The van der Waals surface area contributed by atoms with Crippen molar-refractivity contribution in [3.05, 3.63) is 64.9 Å². The molecule has 0 spiro atoms. The van der Waals surface area contributed by atoms with Crippen molar-refractivity contribution in [3.8, 4) is 0 Å². The van der Waals surface area contributed by atoms with Crippen LogP contribution in [0.25, 0.3) is 11.0 Å². The third kappa shape index (κ3) is 3.91. The zero-order valence-corrected chi connectivity index (χ0v) is 13.7. The van der Waals surface area contributed by atoms with Gasteiger partial charge < -0.3 is 14.4 Å². The normalized spacial score (nSPS) is 12.7. The fourth-order valence-corrected chi connectivity index (χ4v) is 2.71. The lowest BCUT2D eigenvalue weighted by molar-refractivity contribution is 0.0206. The highest BCUT2D eigenvalue weighted by molar-refractivity contribution is 6.30. The van der Waals surface area contributed by atoms with Gasteiger partial charge in [0.1, 0.15) is 5.82 Å². The lowest BCUT2D eigenvalue weighted by Crippen LogP contribution is -2.22. The van der Waals surface area contributed by atoms with Crippen molar-refractivity contribution in [2.75, 3.05) is 6.61 Å². The van der Waals surface area contributed by atoms with Crippen molar-refractivity contribution >= 4 is 22.6 Å². The van der Waals surface area contributed by atoms with Crippen molar-refractivity contribution in [2.24, 2.45) is 0 Å². The molecule has 0 bridgehead atoms. The number of aromatic nitrogens is 2. The summed E-state index contributed by atoms with van der Waals surface area (Å²) in [7, 11) is 0. The molecule has 1 atom stereocenters. The molecule has 23 heavy (non-hydrogen) atoms. The Morgan fingerprint density at radius 3 is 2.70 bits per heavy atom. The van der Waals surface area contributed by atoms with Gasteiger partial charge in [-0.25, -0.2) is 4.98 Å². The van der Waals surface area contributed by atoms with E-state index in [0.29, 0.717) is 18.2 Å². The van der Waals surface area contributed by atoms with E-state index in [2.05, 4.69) is 4.98 Å². The molecule has 3 aromatic rings. The maximum absolute atomic E-state index is 10.2. The second-order valence-electron chi connectivity index (χ2n) is 5.55. The molecule has 0 radical (unpaired) electrons. The van der Waals surface area contributed by atoms with Crippen LogP contribution in [0.1, 0.15) is 11.4 Å². The molecule has 120 valence electrons. The highest BCUT2D eigenvalue weighted by Crippen LogP contribution is 2.16. The van der Waals surface area contributed by atoms with E-state index in [9.17, 15) is 5.11 Å². The van der Waals surface area contributed by atoms with Crippen LogP contribution in [0.3, 0.4) is 0 Å². The summed E-state index contributed by atoms with van der Waals surface area (Å²) in [6.07, 6.45) is -0.585. The van der Waals surface area contributed by atoms with Crippen molar-refractivity contribution in [1.29, 1.82) is 0 Å². The fourth-order valence-electron chi connectivity index (χ4n) is 2.58. The number of fused-ring (bicyclic) bond motifs is 1. The smallest absolute Gasteiger partial charge is 0.106 e. The minimum atomic E-state index is -0.585. The van der Waals surface area contributed by atoms with Gasteiger partial charge >= 0.3 is 0 Å². The summed E-state index contributed by atoms with van der Waals surface area (Å²) in [5, 5.41) is 10.9. The van der Waals surface area contributed by atoms with E-state index in [-0.39, 0.29) is 6.61 Å². The second-order valence-corrected chi connectivity index (χ2v) is 5.99. The number of aliphatic hydroxyl groups excluding tert-OH is 1. The van der Waals surface area contributed by atoms with Crippen molar-refractivity contribution in [2.45, 2.75) is 26.2 Å². The Hall–Kier alpha value is -1.88. The Kier molecular flexibility index (Phi) is 4.96. The molecule has 0 aliphatic rings. The number of halogens is 1. The largest absolute Gasteiger partial charge is 0.389 e. The number of aliphatic hydroxyl groups is 1. The first-order valence-corrected chi connectivity index (χ1v) is 7.93. The molecule has 2 aromatic carbocycles. The van der Waals surface area contributed by atoms with Crippen molar-refractivity contribution in [3.63, 3.8) is 0 Å². The summed E-state index contributed by atoms with van der Waals surface area (Å²) in [5.41, 5.74) is 3.01. The van der Waals surface area contributed by atoms with E-state index >= 15 is 0 Å². The Labute approximate surface area is 140 Å². The zero-order chi connectivity index (χ0) is 16.2. The molecule has 1 heterocycles. The van der Waals surface area contributed by atoms with E-state index in [4.69, 9.17) is 16.3 Å².